The molecular formula is C21H23ClN2O6S. The third kappa shape index (κ3) is 5.00. The first-order chi connectivity index (χ1) is 14.5. The number of carbonyl (C=O) groups is 2. The van der Waals surface area contributed by atoms with Crippen LogP contribution in [-0.4, -0.2) is 50.9 Å². The van der Waals surface area contributed by atoms with Gasteiger partial charge >= 0.3 is 5.97 Å². The Bertz CT molecular complexity index is 1130. The topological polar surface area (TPSA) is 102 Å². The maximum atomic E-state index is 12.6. The molecule has 1 aliphatic heterocycles. The van der Waals surface area contributed by atoms with Gasteiger partial charge in [0, 0.05) is 31.2 Å². The van der Waals surface area contributed by atoms with Crippen LogP contribution in [0.2, 0.25) is 5.02 Å². The normalized spacial score (nSPS) is 16.4. The van der Waals surface area contributed by atoms with Gasteiger partial charge in [-0.3, -0.25) is 4.79 Å². The number of hydrogen-bond acceptors (Lipinski definition) is 6. The number of sulfonamides is 1. The number of halogens is 1. The molecule has 2 aromatic carbocycles. The van der Waals surface area contributed by atoms with Crippen LogP contribution < -0.4 is 10.1 Å². The molecule has 1 amide bonds. The average molecular weight is 467 g/mol. The number of aryl methyl sites for hydroxylation is 1. The number of anilines is 1. The minimum Gasteiger partial charge on any atom is -0.478 e. The van der Waals surface area contributed by atoms with E-state index in [1.165, 1.54) is 33.2 Å². The highest BCUT2D eigenvalue weighted by molar-refractivity contribution is 7.89. The van der Waals surface area contributed by atoms with E-state index in [4.69, 9.17) is 21.1 Å². The number of fused-ring (bicyclic) bond motifs is 1. The molecule has 0 unspecified atom stereocenters. The Morgan fingerprint density at radius 2 is 1.94 bits per heavy atom. The Morgan fingerprint density at radius 1 is 1.23 bits per heavy atom. The molecule has 0 spiro atoms. The highest BCUT2D eigenvalue weighted by atomic mass is 35.5. The Hall–Kier alpha value is -2.62. The van der Waals surface area contributed by atoms with Gasteiger partial charge in [-0.1, -0.05) is 17.7 Å². The standard InChI is InChI=1S/C21H23ClN2O6S/c1-12-5-7-16(31(27,28)24(3)4)11-17(12)23-20(25)13(2)29-21(26)19-10-14-9-15(22)6-8-18(14)30-19/h5-9,11,13,19H,10H2,1-4H3,(H,23,25)/t13-,19+/m0/s1. The number of benzene rings is 2. The second kappa shape index (κ2) is 8.86. The van der Waals surface area contributed by atoms with Gasteiger partial charge in [0.15, 0.2) is 12.2 Å². The molecule has 0 bridgehead atoms. The van der Waals surface area contributed by atoms with E-state index in [1.54, 1.807) is 31.2 Å². The Labute approximate surface area is 186 Å². The van der Waals surface area contributed by atoms with Crippen LogP contribution in [0.5, 0.6) is 5.75 Å². The number of amides is 1. The molecule has 0 saturated carbocycles. The van der Waals surface area contributed by atoms with E-state index in [0.29, 0.717) is 28.4 Å². The molecular weight excluding hydrogens is 444 g/mol. The molecule has 0 saturated heterocycles. The lowest BCUT2D eigenvalue weighted by Crippen LogP contribution is -2.36. The molecule has 0 aliphatic carbocycles. The van der Waals surface area contributed by atoms with Crippen LogP contribution in [0.15, 0.2) is 41.3 Å². The van der Waals surface area contributed by atoms with Crippen molar-refractivity contribution in [1.82, 2.24) is 4.31 Å². The van der Waals surface area contributed by atoms with E-state index < -0.39 is 34.1 Å². The maximum Gasteiger partial charge on any atom is 0.348 e. The van der Waals surface area contributed by atoms with Crippen molar-refractivity contribution in [2.75, 3.05) is 19.4 Å². The van der Waals surface area contributed by atoms with Crippen molar-refractivity contribution < 1.29 is 27.5 Å². The monoisotopic (exact) mass is 466 g/mol. The summed E-state index contributed by atoms with van der Waals surface area (Å²) in [6, 6.07) is 9.49. The smallest absolute Gasteiger partial charge is 0.348 e. The molecule has 10 heteroatoms. The molecule has 2 atom stereocenters. The van der Waals surface area contributed by atoms with E-state index in [9.17, 15) is 18.0 Å². The van der Waals surface area contributed by atoms with Crippen LogP contribution in [0.4, 0.5) is 5.69 Å². The number of carbonyl (C=O) groups excluding carboxylic acids is 2. The lowest BCUT2D eigenvalue weighted by atomic mass is 10.1. The van der Waals surface area contributed by atoms with Crippen molar-refractivity contribution in [1.29, 1.82) is 0 Å². The first-order valence-corrected chi connectivity index (χ1v) is 11.3. The minimum absolute atomic E-state index is 0.0406. The van der Waals surface area contributed by atoms with Crippen LogP contribution in [0.3, 0.4) is 0 Å². The van der Waals surface area contributed by atoms with Crippen molar-refractivity contribution in [2.24, 2.45) is 0 Å². The summed E-state index contributed by atoms with van der Waals surface area (Å²) in [6.07, 6.45) is -1.68. The van der Waals surface area contributed by atoms with Crippen molar-refractivity contribution in [3.63, 3.8) is 0 Å². The number of hydrogen-bond donors (Lipinski definition) is 1. The van der Waals surface area contributed by atoms with Crippen molar-refractivity contribution in [2.45, 2.75) is 37.4 Å². The second-order valence-corrected chi connectivity index (χ2v) is 9.98. The number of nitrogens with zero attached hydrogens (tertiary/aromatic N) is 1. The lowest BCUT2D eigenvalue weighted by Gasteiger charge is -2.18. The Balaban J connectivity index is 1.65. The van der Waals surface area contributed by atoms with Gasteiger partial charge in [0.2, 0.25) is 10.0 Å². The molecule has 1 N–H and O–H groups in total. The van der Waals surface area contributed by atoms with Crippen LogP contribution >= 0.6 is 11.6 Å². The number of esters is 1. The van der Waals surface area contributed by atoms with Gasteiger partial charge in [-0.05, 0) is 55.3 Å². The third-order valence-corrected chi connectivity index (χ3v) is 6.91. The maximum absolute atomic E-state index is 12.6. The summed E-state index contributed by atoms with van der Waals surface area (Å²) >= 11 is 5.96. The summed E-state index contributed by atoms with van der Waals surface area (Å²) in [5, 5.41) is 3.16. The van der Waals surface area contributed by atoms with Crippen LogP contribution in [0.1, 0.15) is 18.1 Å². The zero-order chi connectivity index (χ0) is 22.9. The van der Waals surface area contributed by atoms with Gasteiger partial charge in [-0.15, -0.1) is 0 Å². The summed E-state index contributed by atoms with van der Waals surface area (Å²) in [6.45, 7) is 3.16. The number of rotatable bonds is 6. The van der Waals surface area contributed by atoms with Crippen molar-refractivity contribution >= 4 is 39.2 Å². The zero-order valence-corrected chi connectivity index (χ0v) is 19.1. The molecule has 3 rings (SSSR count). The van der Waals surface area contributed by atoms with E-state index in [0.717, 1.165) is 9.87 Å². The number of nitrogens with one attached hydrogen (secondary N) is 1. The van der Waals surface area contributed by atoms with Crippen LogP contribution in [-0.2, 0) is 30.8 Å². The predicted molar refractivity (Wildman–Crippen MR) is 116 cm³/mol. The highest BCUT2D eigenvalue weighted by Crippen LogP contribution is 2.31. The molecule has 0 fully saturated rings. The molecule has 8 nitrogen and oxygen atoms in total. The second-order valence-electron chi connectivity index (χ2n) is 7.40. The molecule has 1 aliphatic rings. The Kier molecular flexibility index (Phi) is 6.59. The minimum atomic E-state index is -3.66. The lowest BCUT2D eigenvalue weighted by molar-refractivity contribution is -0.159. The highest BCUT2D eigenvalue weighted by Gasteiger charge is 2.33. The van der Waals surface area contributed by atoms with E-state index in [-0.39, 0.29) is 4.90 Å². The van der Waals surface area contributed by atoms with Crippen molar-refractivity contribution in [3.05, 3.63) is 52.5 Å². The fourth-order valence-corrected chi connectivity index (χ4v) is 4.12. The van der Waals surface area contributed by atoms with Crippen molar-refractivity contribution in [3.8, 4) is 5.75 Å². The molecule has 0 radical (unpaired) electrons. The largest absolute Gasteiger partial charge is 0.478 e. The zero-order valence-electron chi connectivity index (χ0n) is 17.5. The van der Waals surface area contributed by atoms with Gasteiger partial charge in [0.1, 0.15) is 5.75 Å². The molecule has 166 valence electrons. The van der Waals surface area contributed by atoms with Crippen LogP contribution in [0.25, 0.3) is 0 Å². The van der Waals surface area contributed by atoms with Gasteiger partial charge in [0.05, 0.1) is 4.90 Å². The average Bonchev–Trinajstić information content (AvgIpc) is 3.12. The van der Waals surface area contributed by atoms with Gasteiger partial charge < -0.3 is 14.8 Å². The fraction of sp³-hybridized carbons (Fsp3) is 0.333. The number of ether oxygens (including phenoxy) is 2. The fourth-order valence-electron chi connectivity index (χ4n) is 2.99. The summed E-state index contributed by atoms with van der Waals surface area (Å²) in [7, 11) is -0.815. The summed E-state index contributed by atoms with van der Waals surface area (Å²) in [4.78, 5) is 25.1. The van der Waals surface area contributed by atoms with Crippen LogP contribution in [0, 0.1) is 6.92 Å². The van der Waals surface area contributed by atoms with E-state index in [2.05, 4.69) is 5.32 Å². The molecule has 1 heterocycles. The first kappa shape index (κ1) is 23.1. The quantitative estimate of drug-likeness (QED) is 0.657. The summed E-state index contributed by atoms with van der Waals surface area (Å²) in [5.41, 5.74) is 1.77. The molecule has 31 heavy (non-hydrogen) atoms. The molecule has 0 aromatic heterocycles. The van der Waals surface area contributed by atoms with E-state index in [1.807, 2.05) is 0 Å². The summed E-state index contributed by atoms with van der Waals surface area (Å²) in [5.74, 6) is -0.706. The predicted octanol–water partition coefficient (Wildman–Crippen LogP) is 2.77. The van der Waals surface area contributed by atoms with Gasteiger partial charge in [-0.25, -0.2) is 17.5 Å². The van der Waals surface area contributed by atoms with Gasteiger partial charge in [0.25, 0.3) is 5.91 Å². The first-order valence-electron chi connectivity index (χ1n) is 9.48. The summed E-state index contributed by atoms with van der Waals surface area (Å²) < 4.78 is 36.6. The van der Waals surface area contributed by atoms with Gasteiger partial charge in [-0.2, -0.15) is 0 Å². The Morgan fingerprint density at radius 3 is 2.61 bits per heavy atom. The molecule has 2 aromatic rings. The SMILES string of the molecule is Cc1ccc(S(=O)(=O)N(C)C)cc1NC(=O)[C@H](C)OC(=O)[C@H]1Cc2cc(Cl)ccc2O1. The third-order valence-electron chi connectivity index (χ3n) is 4.87. The van der Waals surface area contributed by atoms with E-state index >= 15 is 0 Å².